The quantitative estimate of drug-likeness (QED) is 0.832. The number of nitriles is 1. The minimum absolute atomic E-state index is 0.378. The molecule has 0 amide bonds. The van der Waals surface area contributed by atoms with Crippen molar-refractivity contribution in [2.24, 2.45) is 5.92 Å². The molecule has 6 heteroatoms. The summed E-state index contributed by atoms with van der Waals surface area (Å²) in [6.45, 7) is 0. The molecule has 2 aromatic heterocycles. The van der Waals surface area contributed by atoms with Gasteiger partial charge in [0.25, 0.3) is 0 Å². The van der Waals surface area contributed by atoms with E-state index in [9.17, 15) is 0 Å². The van der Waals surface area contributed by atoms with Crippen molar-refractivity contribution >= 4 is 28.3 Å². The molecular weight excluding hydrogens is 322 g/mol. The number of hydrogen-bond acceptors (Lipinski definition) is 5. The van der Waals surface area contributed by atoms with Crippen LogP contribution in [0.1, 0.15) is 32.1 Å². The fourth-order valence-electron chi connectivity index (χ4n) is 4.24. The number of pyridine rings is 2. The van der Waals surface area contributed by atoms with Crippen molar-refractivity contribution in [1.82, 2.24) is 15.3 Å². The highest BCUT2D eigenvalue weighted by atomic mass is 35.5. The zero-order valence-electron chi connectivity index (χ0n) is 13.4. The number of nitrogens with zero attached hydrogens (tertiary/aromatic N) is 3. The van der Waals surface area contributed by atoms with Gasteiger partial charge >= 0.3 is 0 Å². The third-order valence-electron chi connectivity index (χ3n) is 5.25. The summed E-state index contributed by atoms with van der Waals surface area (Å²) in [5.74, 6) is 1.44. The molecule has 0 aromatic carbocycles. The molecule has 2 N–H and O–H groups in total. The van der Waals surface area contributed by atoms with Crippen LogP contribution < -0.4 is 10.6 Å². The monoisotopic (exact) mass is 341 g/mol. The van der Waals surface area contributed by atoms with Crippen LogP contribution in [0.4, 0.5) is 5.82 Å². The lowest BCUT2D eigenvalue weighted by atomic mass is 9.93. The SMILES string of the molecule is N#CCCC1C[C@@H]2C[C@@H](Nc3nc(Cl)cc4ncccc34)C[C@H]1N2. The number of anilines is 1. The average Bonchev–Trinajstić information content (AvgIpc) is 2.86. The van der Waals surface area contributed by atoms with Crippen molar-refractivity contribution in [3.05, 3.63) is 29.5 Å². The summed E-state index contributed by atoms with van der Waals surface area (Å²) < 4.78 is 0. The number of rotatable bonds is 4. The first-order valence-corrected chi connectivity index (χ1v) is 8.91. The summed E-state index contributed by atoms with van der Waals surface area (Å²) in [6, 6.07) is 9.44. The molecule has 0 saturated carbocycles. The standard InChI is InChI=1S/C18H20ClN5/c19-17-10-16-14(4-2-6-21-16)18(24-17)23-13-8-12-7-11(3-1-5-20)15(9-13)22-12/h2,4,6,10-13,15,22H,1,3,7-9H2,(H,23,24)/t11?,12-,13-,15-/m1/s1. The van der Waals surface area contributed by atoms with Gasteiger partial charge in [0, 0.05) is 42.2 Å². The third-order valence-corrected chi connectivity index (χ3v) is 5.44. The van der Waals surface area contributed by atoms with Crippen LogP contribution in [0.25, 0.3) is 10.9 Å². The van der Waals surface area contributed by atoms with E-state index in [4.69, 9.17) is 16.9 Å². The Kier molecular flexibility index (Phi) is 4.26. The molecule has 4 atom stereocenters. The Morgan fingerprint density at radius 3 is 3.17 bits per heavy atom. The number of hydrogen-bond donors (Lipinski definition) is 2. The molecule has 2 saturated heterocycles. The van der Waals surface area contributed by atoms with Gasteiger partial charge in [0.2, 0.25) is 0 Å². The molecule has 2 aliphatic heterocycles. The topological polar surface area (TPSA) is 73.6 Å². The zero-order chi connectivity index (χ0) is 16.5. The van der Waals surface area contributed by atoms with E-state index >= 15 is 0 Å². The fraction of sp³-hybridized carbons (Fsp3) is 0.500. The summed E-state index contributed by atoms with van der Waals surface area (Å²) in [7, 11) is 0. The average molecular weight is 342 g/mol. The van der Waals surface area contributed by atoms with E-state index in [1.165, 1.54) is 6.42 Å². The van der Waals surface area contributed by atoms with E-state index in [0.29, 0.717) is 35.6 Å². The first kappa shape index (κ1) is 15.6. The minimum atomic E-state index is 0.378. The van der Waals surface area contributed by atoms with Crippen molar-refractivity contribution in [2.75, 3.05) is 5.32 Å². The number of halogens is 1. The first-order chi connectivity index (χ1) is 11.7. The number of nitrogens with one attached hydrogen (secondary N) is 2. The number of fused-ring (bicyclic) bond motifs is 3. The molecule has 24 heavy (non-hydrogen) atoms. The van der Waals surface area contributed by atoms with Gasteiger partial charge in [-0.2, -0.15) is 5.26 Å². The molecule has 4 heterocycles. The lowest BCUT2D eigenvalue weighted by Crippen LogP contribution is -2.44. The molecule has 5 nitrogen and oxygen atoms in total. The van der Waals surface area contributed by atoms with Crippen molar-refractivity contribution in [1.29, 1.82) is 5.26 Å². The van der Waals surface area contributed by atoms with Gasteiger partial charge in [-0.3, -0.25) is 4.98 Å². The van der Waals surface area contributed by atoms with Crippen LogP contribution in [0.2, 0.25) is 5.15 Å². The maximum Gasteiger partial charge on any atom is 0.137 e. The second kappa shape index (κ2) is 6.54. The normalized spacial score (nSPS) is 28.7. The summed E-state index contributed by atoms with van der Waals surface area (Å²) >= 11 is 6.16. The van der Waals surface area contributed by atoms with Crippen LogP contribution in [-0.4, -0.2) is 28.1 Å². The largest absolute Gasteiger partial charge is 0.367 e. The van der Waals surface area contributed by atoms with E-state index in [-0.39, 0.29) is 0 Å². The highest BCUT2D eigenvalue weighted by Gasteiger charge is 2.40. The minimum Gasteiger partial charge on any atom is -0.367 e. The van der Waals surface area contributed by atoms with Crippen molar-refractivity contribution in [3.63, 3.8) is 0 Å². The molecule has 1 unspecified atom stereocenters. The van der Waals surface area contributed by atoms with Crippen molar-refractivity contribution in [2.45, 2.75) is 50.2 Å². The van der Waals surface area contributed by atoms with Gasteiger partial charge in [0.05, 0.1) is 11.6 Å². The Morgan fingerprint density at radius 2 is 2.29 bits per heavy atom. The second-order valence-electron chi connectivity index (χ2n) is 6.84. The van der Waals surface area contributed by atoms with Gasteiger partial charge in [-0.25, -0.2) is 4.98 Å². The van der Waals surface area contributed by atoms with Gasteiger partial charge in [-0.1, -0.05) is 11.6 Å². The smallest absolute Gasteiger partial charge is 0.137 e. The molecular formula is C18H20ClN5. The fourth-order valence-corrected chi connectivity index (χ4v) is 4.43. The van der Waals surface area contributed by atoms with Gasteiger partial charge in [0.1, 0.15) is 11.0 Å². The molecule has 2 aromatic rings. The van der Waals surface area contributed by atoms with Crippen LogP contribution in [0.3, 0.4) is 0 Å². The van der Waals surface area contributed by atoms with E-state index in [1.54, 1.807) is 12.3 Å². The van der Waals surface area contributed by atoms with Crippen molar-refractivity contribution < 1.29 is 0 Å². The zero-order valence-corrected chi connectivity index (χ0v) is 14.1. The Balaban J connectivity index is 1.52. The second-order valence-corrected chi connectivity index (χ2v) is 7.23. The highest BCUT2D eigenvalue weighted by Crippen LogP contribution is 2.36. The molecule has 0 spiro atoms. The van der Waals surface area contributed by atoms with E-state index < -0.39 is 0 Å². The summed E-state index contributed by atoms with van der Waals surface area (Å²) in [4.78, 5) is 8.86. The van der Waals surface area contributed by atoms with Gasteiger partial charge in [-0.05, 0) is 43.7 Å². The molecule has 0 aliphatic carbocycles. The van der Waals surface area contributed by atoms with E-state index in [2.05, 4.69) is 26.7 Å². The molecule has 2 bridgehead atoms. The number of piperidine rings is 1. The Labute approximate surface area is 146 Å². The number of aromatic nitrogens is 2. The Bertz CT molecular complexity index is 787. The summed E-state index contributed by atoms with van der Waals surface area (Å²) in [5, 5.41) is 17.6. The maximum atomic E-state index is 8.83. The molecule has 0 radical (unpaired) electrons. The van der Waals surface area contributed by atoms with E-state index in [0.717, 1.165) is 36.0 Å². The Hall–Kier alpha value is -1.90. The molecule has 4 rings (SSSR count). The highest BCUT2D eigenvalue weighted by molar-refractivity contribution is 6.30. The van der Waals surface area contributed by atoms with E-state index in [1.807, 2.05) is 12.1 Å². The predicted molar refractivity (Wildman–Crippen MR) is 94.9 cm³/mol. The predicted octanol–water partition coefficient (Wildman–Crippen LogP) is 3.51. The van der Waals surface area contributed by atoms with Crippen LogP contribution in [0.15, 0.2) is 24.4 Å². The van der Waals surface area contributed by atoms with Crippen LogP contribution in [0.5, 0.6) is 0 Å². The first-order valence-electron chi connectivity index (χ1n) is 8.53. The molecule has 2 aliphatic rings. The molecule has 2 fully saturated rings. The summed E-state index contributed by atoms with van der Waals surface area (Å²) in [6.07, 6.45) is 6.74. The van der Waals surface area contributed by atoms with Crippen LogP contribution in [0, 0.1) is 17.2 Å². The van der Waals surface area contributed by atoms with Crippen LogP contribution in [-0.2, 0) is 0 Å². The van der Waals surface area contributed by atoms with Crippen LogP contribution >= 0.6 is 11.6 Å². The Morgan fingerprint density at radius 1 is 1.38 bits per heavy atom. The third kappa shape index (κ3) is 3.04. The van der Waals surface area contributed by atoms with Gasteiger partial charge < -0.3 is 10.6 Å². The van der Waals surface area contributed by atoms with Gasteiger partial charge in [0.15, 0.2) is 0 Å². The lowest BCUT2D eigenvalue weighted by molar-refractivity contribution is 0.346. The lowest BCUT2D eigenvalue weighted by Gasteiger charge is -2.31. The summed E-state index contributed by atoms with van der Waals surface area (Å²) in [5.41, 5.74) is 0.865. The molecule has 124 valence electrons. The van der Waals surface area contributed by atoms with Crippen molar-refractivity contribution in [3.8, 4) is 6.07 Å². The van der Waals surface area contributed by atoms with Gasteiger partial charge in [-0.15, -0.1) is 0 Å². The maximum absolute atomic E-state index is 8.83.